The van der Waals surface area contributed by atoms with Crippen LogP contribution in [0.5, 0.6) is 0 Å². The van der Waals surface area contributed by atoms with E-state index >= 15 is 0 Å². The van der Waals surface area contributed by atoms with Gasteiger partial charge in [-0.05, 0) is 98.4 Å². The van der Waals surface area contributed by atoms with E-state index in [2.05, 4.69) is 45.0 Å². The van der Waals surface area contributed by atoms with Crippen molar-refractivity contribution < 1.29 is 9.18 Å². The number of hydrogen-bond acceptors (Lipinski definition) is 3. The van der Waals surface area contributed by atoms with Crippen LogP contribution in [-0.4, -0.2) is 32.0 Å². The Morgan fingerprint density at radius 2 is 1.84 bits per heavy atom. The molecule has 4 aromatic rings. The highest BCUT2D eigenvalue weighted by molar-refractivity contribution is 7.80. The van der Waals surface area contributed by atoms with Crippen molar-refractivity contribution >= 4 is 40.5 Å². The highest BCUT2D eigenvalue weighted by atomic mass is 35.5. The smallest absolute Gasteiger partial charge is 0.226 e. The lowest BCUT2D eigenvalue weighted by Gasteiger charge is -2.28. The van der Waals surface area contributed by atoms with Crippen LogP contribution in [0.2, 0.25) is 5.02 Å². The number of hydrogen-bond donors (Lipinski definition) is 2. The minimum Gasteiger partial charge on any atom is -0.352 e. The van der Waals surface area contributed by atoms with Crippen LogP contribution in [0.25, 0.3) is 5.69 Å². The summed E-state index contributed by atoms with van der Waals surface area (Å²) in [6.07, 6.45) is 1.98. The maximum atomic E-state index is 13.2. The molecule has 194 valence electrons. The molecule has 0 unspecified atom stereocenters. The van der Waals surface area contributed by atoms with E-state index in [0.29, 0.717) is 22.4 Å². The van der Waals surface area contributed by atoms with Gasteiger partial charge in [0.1, 0.15) is 5.82 Å². The van der Waals surface area contributed by atoms with E-state index in [4.69, 9.17) is 23.8 Å². The van der Waals surface area contributed by atoms with E-state index in [-0.39, 0.29) is 30.2 Å². The van der Waals surface area contributed by atoms with Gasteiger partial charge in [-0.15, -0.1) is 0 Å². The fourth-order valence-electron chi connectivity index (χ4n) is 5.04. The fourth-order valence-corrected chi connectivity index (χ4v) is 5.50. The van der Waals surface area contributed by atoms with Crippen molar-refractivity contribution in [1.82, 2.24) is 19.8 Å². The summed E-state index contributed by atoms with van der Waals surface area (Å²) in [5.74, 6) is -0.526. The van der Waals surface area contributed by atoms with E-state index in [0.717, 1.165) is 28.3 Å². The van der Waals surface area contributed by atoms with Crippen molar-refractivity contribution in [2.24, 2.45) is 0 Å². The first-order valence-electron chi connectivity index (χ1n) is 12.3. The zero-order valence-corrected chi connectivity index (χ0v) is 22.6. The number of halogens is 2. The Labute approximate surface area is 231 Å². The van der Waals surface area contributed by atoms with Crippen molar-refractivity contribution in [3.8, 4) is 5.69 Å². The molecule has 1 saturated heterocycles. The van der Waals surface area contributed by atoms with Gasteiger partial charge in [0.05, 0.1) is 17.8 Å². The van der Waals surface area contributed by atoms with Crippen molar-refractivity contribution in [3.05, 3.63) is 112 Å². The summed E-state index contributed by atoms with van der Waals surface area (Å²) in [7, 11) is 0. The Hall–Kier alpha value is -3.75. The van der Waals surface area contributed by atoms with Crippen LogP contribution in [0.15, 0.2) is 79.0 Å². The molecule has 2 N–H and O–H groups in total. The predicted octanol–water partition coefficient (Wildman–Crippen LogP) is 6.28. The first-order valence-corrected chi connectivity index (χ1v) is 13.1. The molecule has 5 rings (SSSR count). The lowest BCUT2D eigenvalue weighted by atomic mass is 9.96. The first-order chi connectivity index (χ1) is 18.3. The van der Waals surface area contributed by atoms with Crippen LogP contribution in [0, 0.1) is 19.7 Å². The lowest BCUT2D eigenvalue weighted by Crippen LogP contribution is -2.32. The Morgan fingerprint density at radius 3 is 2.53 bits per heavy atom. The number of rotatable bonds is 7. The van der Waals surface area contributed by atoms with Gasteiger partial charge in [-0.25, -0.2) is 4.39 Å². The lowest BCUT2D eigenvalue weighted by molar-refractivity contribution is -0.116. The minimum atomic E-state index is -0.351. The second-order valence-corrected chi connectivity index (χ2v) is 10.1. The Kier molecular flexibility index (Phi) is 7.44. The molecule has 9 heteroatoms. The summed E-state index contributed by atoms with van der Waals surface area (Å²) >= 11 is 11.9. The molecule has 0 saturated carbocycles. The zero-order valence-electron chi connectivity index (χ0n) is 21.0. The van der Waals surface area contributed by atoms with Gasteiger partial charge in [0.15, 0.2) is 5.11 Å². The van der Waals surface area contributed by atoms with Crippen molar-refractivity contribution in [2.45, 2.75) is 32.4 Å². The summed E-state index contributed by atoms with van der Waals surface area (Å²) < 4.78 is 15.4. The number of aryl methyl sites for hydroxylation is 1. The van der Waals surface area contributed by atoms with Crippen LogP contribution < -0.4 is 10.6 Å². The molecule has 1 amide bonds. The van der Waals surface area contributed by atoms with Gasteiger partial charge in [-0.2, -0.15) is 0 Å². The zero-order chi connectivity index (χ0) is 26.8. The number of nitrogens with one attached hydrogen (secondary N) is 2. The van der Waals surface area contributed by atoms with Gasteiger partial charge in [0, 0.05) is 46.9 Å². The number of nitrogens with zero attached hydrogens (tertiary/aromatic N) is 3. The summed E-state index contributed by atoms with van der Waals surface area (Å²) in [6.45, 7) is 4.56. The topological polar surface area (TPSA) is 62.2 Å². The van der Waals surface area contributed by atoms with Crippen molar-refractivity contribution in [1.29, 1.82) is 0 Å². The minimum absolute atomic E-state index is 0.175. The summed E-state index contributed by atoms with van der Waals surface area (Å²) in [4.78, 5) is 19.4. The number of thiocarbonyl (C=S) groups is 1. The SMILES string of the molecule is Cc1cc([C@H]2[C@H](c3ccccn3)NC(=S)N2CCC(=O)Nc2ccc(F)cc2)c(C)n1-c1ccc(Cl)cc1. The van der Waals surface area contributed by atoms with E-state index in [1.165, 1.54) is 12.1 Å². The van der Waals surface area contributed by atoms with Crippen LogP contribution in [0.4, 0.5) is 10.1 Å². The van der Waals surface area contributed by atoms with Crippen LogP contribution >= 0.6 is 23.8 Å². The Bertz CT molecular complexity index is 1460. The number of aromatic nitrogens is 2. The molecule has 1 aliphatic heterocycles. The third kappa shape index (κ3) is 5.28. The van der Waals surface area contributed by atoms with Crippen molar-refractivity contribution in [2.75, 3.05) is 11.9 Å². The van der Waals surface area contributed by atoms with Gasteiger partial charge in [0.2, 0.25) is 5.91 Å². The first kappa shape index (κ1) is 25.9. The number of anilines is 1. The monoisotopic (exact) mass is 547 g/mol. The van der Waals surface area contributed by atoms with E-state index < -0.39 is 0 Å². The molecule has 2 aromatic heterocycles. The maximum absolute atomic E-state index is 13.2. The highest BCUT2D eigenvalue weighted by Gasteiger charge is 2.41. The second kappa shape index (κ2) is 10.9. The summed E-state index contributed by atoms with van der Waals surface area (Å²) in [5, 5.41) is 7.53. The molecule has 2 aromatic carbocycles. The molecular weight excluding hydrogens is 521 g/mol. The molecule has 0 aliphatic carbocycles. The summed E-state index contributed by atoms with van der Waals surface area (Å²) in [6, 6.07) is 21.1. The van der Waals surface area contributed by atoms with Gasteiger partial charge in [-0.3, -0.25) is 9.78 Å². The fraction of sp³-hybridized carbons (Fsp3) is 0.207. The molecule has 2 atom stereocenters. The second-order valence-electron chi connectivity index (χ2n) is 9.26. The quantitative estimate of drug-likeness (QED) is 0.267. The third-order valence-corrected chi connectivity index (χ3v) is 7.38. The third-order valence-electron chi connectivity index (χ3n) is 6.78. The van der Waals surface area contributed by atoms with E-state index in [9.17, 15) is 9.18 Å². The van der Waals surface area contributed by atoms with Crippen molar-refractivity contribution in [3.63, 3.8) is 0 Å². The maximum Gasteiger partial charge on any atom is 0.226 e. The molecule has 0 spiro atoms. The molecule has 6 nitrogen and oxygen atoms in total. The average Bonchev–Trinajstić information content (AvgIpc) is 3.39. The average molecular weight is 548 g/mol. The number of benzene rings is 2. The molecule has 3 heterocycles. The molecule has 38 heavy (non-hydrogen) atoms. The Balaban J connectivity index is 1.46. The van der Waals surface area contributed by atoms with Gasteiger partial charge in [0.25, 0.3) is 0 Å². The number of carbonyl (C=O) groups excluding carboxylic acids is 1. The van der Waals surface area contributed by atoms with Crippen LogP contribution in [-0.2, 0) is 4.79 Å². The molecule has 0 radical (unpaired) electrons. The molecule has 1 aliphatic rings. The van der Waals surface area contributed by atoms with Crippen LogP contribution in [0.3, 0.4) is 0 Å². The van der Waals surface area contributed by atoms with Gasteiger partial charge in [-0.1, -0.05) is 17.7 Å². The number of amides is 1. The number of carbonyl (C=O) groups is 1. The largest absolute Gasteiger partial charge is 0.352 e. The molecule has 0 bridgehead atoms. The standard InChI is InChI=1S/C29H27ClFN5OS/c1-18-17-24(19(2)36(18)23-12-6-20(30)7-13-23)28-27(25-5-3-4-15-32-25)34-29(38)35(28)16-14-26(37)33-22-10-8-21(31)9-11-22/h3-13,15,17,27-28H,14,16H2,1-2H3,(H,33,37)(H,34,38)/t27-,28-/m0/s1. The molecule has 1 fully saturated rings. The van der Waals surface area contributed by atoms with Gasteiger partial charge >= 0.3 is 0 Å². The highest BCUT2D eigenvalue weighted by Crippen LogP contribution is 2.41. The Morgan fingerprint density at radius 1 is 1.11 bits per heavy atom. The van der Waals surface area contributed by atoms with Crippen LogP contribution in [0.1, 0.15) is 41.1 Å². The molecular formula is C29H27ClFN5OS. The predicted molar refractivity (Wildman–Crippen MR) is 152 cm³/mol. The summed E-state index contributed by atoms with van der Waals surface area (Å²) in [5.41, 5.74) is 5.68. The van der Waals surface area contributed by atoms with E-state index in [1.54, 1.807) is 18.3 Å². The van der Waals surface area contributed by atoms with E-state index in [1.807, 2.05) is 42.5 Å². The van der Waals surface area contributed by atoms with Gasteiger partial charge < -0.3 is 20.1 Å². The number of pyridine rings is 1. The normalized spacial score (nSPS) is 16.9.